The Labute approximate surface area is 377 Å². The Bertz CT molecular complexity index is 1500. The lowest BCUT2D eigenvalue weighted by molar-refractivity contribution is -0.870. The summed E-state index contributed by atoms with van der Waals surface area (Å²) in [5.74, 6) is -0.262. The van der Waals surface area contributed by atoms with Crippen molar-refractivity contribution < 1.29 is 42.1 Å². The van der Waals surface area contributed by atoms with Gasteiger partial charge in [-0.1, -0.05) is 176 Å². The molecule has 62 heavy (non-hydrogen) atoms. The number of ether oxygens (including phenoxy) is 2. The van der Waals surface area contributed by atoms with Gasteiger partial charge in [0.1, 0.15) is 19.3 Å². The minimum absolute atomic E-state index is 0.0742. The van der Waals surface area contributed by atoms with Crippen LogP contribution in [0.2, 0.25) is 0 Å². The molecule has 0 radical (unpaired) electrons. The number of benzene rings is 2. The van der Waals surface area contributed by atoms with E-state index in [-0.39, 0.29) is 31.6 Å². The maximum absolute atomic E-state index is 12.7. The standard InChI is InChI=1S/C52H86NO8P/c1-6-7-8-9-10-11-12-13-14-15-16-20-23-26-29-32-51(54)61-50(45-60-62(56,57)59-43-41-53(3,4)5)44-58-42-30-27-24-21-18-17-19-22-25-28-31-47-35-39-49(40-36-47)52(55)48-37-33-46(2)34-38-48/h13-14,33-40,50H,6-12,15-32,41-45H2,1-5H3/p+1/b14-13-/t50-/m1/s1. The second kappa shape index (κ2) is 34.7. The first-order chi connectivity index (χ1) is 29.9. The lowest BCUT2D eigenvalue weighted by Crippen LogP contribution is -2.37. The zero-order valence-electron chi connectivity index (χ0n) is 39.8. The number of aryl methyl sites for hydroxylation is 2. The molecule has 0 amide bonds. The number of unbranched alkanes of at least 4 members (excludes halogenated alkanes) is 20. The van der Waals surface area contributed by atoms with Gasteiger partial charge >= 0.3 is 13.8 Å². The van der Waals surface area contributed by atoms with Gasteiger partial charge in [-0.25, -0.2) is 4.57 Å². The van der Waals surface area contributed by atoms with E-state index in [4.69, 9.17) is 18.5 Å². The van der Waals surface area contributed by atoms with Gasteiger partial charge in [-0.15, -0.1) is 0 Å². The molecule has 0 heterocycles. The Balaban J connectivity index is 1.55. The first-order valence-corrected chi connectivity index (χ1v) is 25.9. The van der Waals surface area contributed by atoms with Gasteiger partial charge < -0.3 is 18.9 Å². The van der Waals surface area contributed by atoms with Crippen molar-refractivity contribution >= 4 is 19.6 Å². The maximum Gasteiger partial charge on any atom is 0.472 e. The topological polar surface area (TPSA) is 108 Å². The van der Waals surface area contributed by atoms with E-state index in [1.54, 1.807) is 0 Å². The van der Waals surface area contributed by atoms with E-state index >= 15 is 0 Å². The van der Waals surface area contributed by atoms with E-state index < -0.39 is 13.9 Å². The number of rotatable bonds is 40. The fourth-order valence-electron chi connectivity index (χ4n) is 7.20. The smallest absolute Gasteiger partial charge is 0.457 e. The predicted octanol–water partition coefficient (Wildman–Crippen LogP) is 13.5. The highest BCUT2D eigenvalue weighted by atomic mass is 31.2. The van der Waals surface area contributed by atoms with Crippen molar-refractivity contribution in [3.63, 3.8) is 0 Å². The summed E-state index contributed by atoms with van der Waals surface area (Å²) in [6.45, 7) is 5.28. The summed E-state index contributed by atoms with van der Waals surface area (Å²) in [5, 5.41) is 0. The molecule has 2 aromatic rings. The predicted molar refractivity (Wildman–Crippen MR) is 256 cm³/mol. The van der Waals surface area contributed by atoms with E-state index in [1.807, 2.05) is 64.5 Å². The van der Waals surface area contributed by atoms with E-state index in [0.29, 0.717) is 24.1 Å². The quantitative estimate of drug-likeness (QED) is 0.0176. The summed E-state index contributed by atoms with van der Waals surface area (Å²) in [7, 11) is 1.62. The number of phosphoric ester groups is 1. The molecular weight excluding hydrogens is 798 g/mol. The van der Waals surface area contributed by atoms with E-state index in [1.165, 1.54) is 102 Å². The van der Waals surface area contributed by atoms with Crippen LogP contribution >= 0.6 is 7.82 Å². The zero-order valence-corrected chi connectivity index (χ0v) is 40.7. The van der Waals surface area contributed by atoms with Gasteiger partial charge in [0.25, 0.3) is 0 Å². The lowest BCUT2D eigenvalue weighted by atomic mass is 9.99. The van der Waals surface area contributed by atoms with Crippen LogP contribution < -0.4 is 0 Å². The van der Waals surface area contributed by atoms with Crippen LogP contribution in [0.5, 0.6) is 0 Å². The average molecular weight is 885 g/mol. The van der Waals surface area contributed by atoms with Crippen LogP contribution in [0, 0.1) is 6.92 Å². The highest BCUT2D eigenvalue weighted by Gasteiger charge is 2.26. The molecule has 0 saturated heterocycles. The summed E-state index contributed by atoms with van der Waals surface area (Å²) in [4.78, 5) is 35.7. The van der Waals surface area contributed by atoms with Crippen molar-refractivity contribution in [3.05, 3.63) is 82.9 Å². The molecule has 0 aliphatic carbocycles. The summed E-state index contributed by atoms with van der Waals surface area (Å²) in [6.07, 6.45) is 32.4. The molecule has 1 N–H and O–H groups in total. The number of carbonyl (C=O) groups excluding carboxylic acids is 2. The second-order valence-electron chi connectivity index (χ2n) is 18.3. The average Bonchev–Trinajstić information content (AvgIpc) is 3.24. The summed E-state index contributed by atoms with van der Waals surface area (Å²) in [5.41, 5.74) is 3.91. The van der Waals surface area contributed by atoms with Crippen molar-refractivity contribution in [2.24, 2.45) is 0 Å². The molecule has 0 spiro atoms. The number of hydrogen-bond acceptors (Lipinski definition) is 7. The number of ketones is 1. The molecule has 1 unspecified atom stereocenters. The van der Waals surface area contributed by atoms with Crippen LogP contribution in [0.3, 0.4) is 0 Å². The fraction of sp³-hybridized carbons (Fsp3) is 0.692. The normalized spacial score (nSPS) is 13.4. The first kappa shape index (κ1) is 55.5. The minimum Gasteiger partial charge on any atom is -0.457 e. The van der Waals surface area contributed by atoms with Crippen molar-refractivity contribution in [1.82, 2.24) is 0 Å². The van der Waals surface area contributed by atoms with Gasteiger partial charge in [-0.3, -0.25) is 18.6 Å². The minimum atomic E-state index is -4.30. The number of likely N-dealkylation sites (N-methyl/N-ethyl adjacent to an activating group) is 1. The Morgan fingerprint density at radius 1 is 0.629 bits per heavy atom. The molecule has 0 bridgehead atoms. The molecule has 2 aromatic carbocycles. The van der Waals surface area contributed by atoms with E-state index in [9.17, 15) is 19.0 Å². The summed E-state index contributed by atoms with van der Waals surface area (Å²) in [6, 6.07) is 15.8. The number of carbonyl (C=O) groups is 2. The Kier molecular flexibility index (Phi) is 31.1. The van der Waals surface area contributed by atoms with Crippen LogP contribution in [-0.2, 0) is 34.3 Å². The largest absolute Gasteiger partial charge is 0.472 e. The molecule has 2 rings (SSSR count). The molecule has 0 aliphatic rings. The molecule has 10 heteroatoms. The van der Waals surface area contributed by atoms with E-state index in [0.717, 1.165) is 74.5 Å². The van der Waals surface area contributed by atoms with Gasteiger partial charge in [-0.2, -0.15) is 0 Å². The van der Waals surface area contributed by atoms with Crippen LogP contribution in [0.1, 0.15) is 188 Å². The molecule has 352 valence electrons. The Morgan fingerprint density at radius 2 is 1.13 bits per heavy atom. The third-order valence-electron chi connectivity index (χ3n) is 11.2. The Hall–Kier alpha value is -2.65. The first-order valence-electron chi connectivity index (χ1n) is 24.4. The van der Waals surface area contributed by atoms with E-state index in [2.05, 4.69) is 31.2 Å². The van der Waals surface area contributed by atoms with Gasteiger partial charge in [-0.05, 0) is 63.9 Å². The highest BCUT2D eigenvalue weighted by molar-refractivity contribution is 7.47. The molecular formula is C52H87NO8P+. The maximum atomic E-state index is 12.7. The molecule has 0 saturated carbocycles. The lowest BCUT2D eigenvalue weighted by Gasteiger charge is -2.24. The van der Waals surface area contributed by atoms with Crippen molar-refractivity contribution in [2.75, 3.05) is 54.1 Å². The van der Waals surface area contributed by atoms with Crippen LogP contribution in [0.4, 0.5) is 0 Å². The zero-order chi connectivity index (χ0) is 45.2. The van der Waals surface area contributed by atoms with Crippen LogP contribution in [0.15, 0.2) is 60.7 Å². The Morgan fingerprint density at radius 3 is 1.69 bits per heavy atom. The molecule has 0 fully saturated rings. The van der Waals surface area contributed by atoms with Crippen LogP contribution in [0.25, 0.3) is 0 Å². The van der Waals surface area contributed by atoms with Gasteiger partial charge in [0.05, 0.1) is 34.4 Å². The highest BCUT2D eigenvalue weighted by Crippen LogP contribution is 2.43. The number of hydrogen-bond donors (Lipinski definition) is 1. The van der Waals surface area contributed by atoms with Gasteiger partial charge in [0.2, 0.25) is 0 Å². The fourth-order valence-corrected chi connectivity index (χ4v) is 7.94. The van der Waals surface area contributed by atoms with Gasteiger partial charge in [0, 0.05) is 24.2 Å². The molecule has 0 aliphatic heterocycles. The third-order valence-corrected chi connectivity index (χ3v) is 12.2. The third kappa shape index (κ3) is 30.4. The summed E-state index contributed by atoms with van der Waals surface area (Å²) < 4.78 is 35.1. The number of allylic oxidation sites excluding steroid dienone is 2. The second-order valence-corrected chi connectivity index (χ2v) is 19.8. The van der Waals surface area contributed by atoms with Crippen molar-refractivity contribution in [2.45, 2.75) is 180 Å². The molecule has 9 nitrogen and oxygen atoms in total. The molecule has 2 atom stereocenters. The molecule has 0 aromatic heterocycles. The SMILES string of the molecule is CCCCCCCC/C=C\CCCCCCCC(=O)O[C@H](COCCCCCCCCCCCCc1ccc(C(=O)c2ccc(C)cc2)cc1)COP(=O)(O)OCC[N+](C)(C)C. The van der Waals surface area contributed by atoms with Gasteiger partial charge in [0.15, 0.2) is 5.78 Å². The number of phosphoric acid groups is 1. The number of nitrogens with zero attached hydrogens (tertiary/aromatic N) is 1. The summed E-state index contributed by atoms with van der Waals surface area (Å²) >= 11 is 0. The number of quaternary nitrogens is 1. The van der Waals surface area contributed by atoms with Crippen molar-refractivity contribution in [1.29, 1.82) is 0 Å². The monoisotopic (exact) mass is 885 g/mol. The number of esters is 1. The van der Waals surface area contributed by atoms with Crippen molar-refractivity contribution in [3.8, 4) is 0 Å². The van der Waals surface area contributed by atoms with Crippen LogP contribution in [-0.4, -0.2) is 81.3 Å².